The van der Waals surface area contributed by atoms with E-state index in [0.29, 0.717) is 19.4 Å². The van der Waals surface area contributed by atoms with Gasteiger partial charge in [0.1, 0.15) is 0 Å². The number of carbonyl (C=O) groups excluding carboxylic acids is 2. The van der Waals surface area contributed by atoms with E-state index in [0.717, 1.165) is 13.0 Å². The van der Waals surface area contributed by atoms with E-state index >= 15 is 0 Å². The first-order valence-electron chi connectivity index (χ1n) is 6.10. The van der Waals surface area contributed by atoms with Crippen LogP contribution in [0.1, 0.15) is 40.0 Å². The van der Waals surface area contributed by atoms with Gasteiger partial charge >= 0.3 is 0 Å². The standard InChI is InChI=1S/C12H22N2O2/c1-4-5-11(15)13-7-10-6-12(16)14(8-10)9(2)3/h9-10H,4-8H2,1-3H3,(H,13,15). The summed E-state index contributed by atoms with van der Waals surface area (Å²) in [5, 5.41) is 2.89. The molecule has 16 heavy (non-hydrogen) atoms. The van der Waals surface area contributed by atoms with Gasteiger partial charge in [0.05, 0.1) is 0 Å². The van der Waals surface area contributed by atoms with Crippen LogP contribution in [0.5, 0.6) is 0 Å². The number of nitrogens with zero attached hydrogens (tertiary/aromatic N) is 1. The molecule has 1 aliphatic rings. The summed E-state index contributed by atoms with van der Waals surface area (Å²) in [5.41, 5.74) is 0. The first-order valence-corrected chi connectivity index (χ1v) is 6.10. The summed E-state index contributed by atoms with van der Waals surface area (Å²) in [6.45, 7) is 7.45. The topological polar surface area (TPSA) is 49.4 Å². The van der Waals surface area contributed by atoms with Gasteiger partial charge < -0.3 is 10.2 Å². The molecule has 0 spiro atoms. The Bertz CT molecular complexity index is 264. The molecule has 0 radical (unpaired) electrons. The maximum Gasteiger partial charge on any atom is 0.223 e. The number of rotatable bonds is 5. The van der Waals surface area contributed by atoms with Gasteiger partial charge in [-0.3, -0.25) is 9.59 Å². The summed E-state index contributed by atoms with van der Waals surface area (Å²) in [7, 11) is 0. The Balaban J connectivity index is 2.31. The first-order chi connectivity index (χ1) is 7.54. The van der Waals surface area contributed by atoms with Crippen LogP contribution in [0.15, 0.2) is 0 Å². The third-order valence-electron chi connectivity index (χ3n) is 2.93. The van der Waals surface area contributed by atoms with Crippen LogP contribution in [0.3, 0.4) is 0 Å². The smallest absolute Gasteiger partial charge is 0.223 e. The fourth-order valence-electron chi connectivity index (χ4n) is 2.02. The highest BCUT2D eigenvalue weighted by molar-refractivity contribution is 5.79. The zero-order valence-corrected chi connectivity index (χ0v) is 10.5. The van der Waals surface area contributed by atoms with Crippen molar-refractivity contribution in [3.8, 4) is 0 Å². The first kappa shape index (κ1) is 13.0. The second kappa shape index (κ2) is 5.87. The number of hydrogen-bond donors (Lipinski definition) is 1. The van der Waals surface area contributed by atoms with E-state index < -0.39 is 0 Å². The minimum Gasteiger partial charge on any atom is -0.356 e. The van der Waals surface area contributed by atoms with Crippen LogP contribution in [-0.2, 0) is 9.59 Å². The molecule has 1 atom stereocenters. The average Bonchev–Trinajstić information content (AvgIpc) is 2.57. The Labute approximate surface area is 97.4 Å². The molecule has 0 aliphatic carbocycles. The minimum atomic E-state index is 0.0953. The lowest BCUT2D eigenvalue weighted by Gasteiger charge is -2.21. The lowest BCUT2D eigenvalue weighted by Crippen LogP contribution is -2.34. The summed E-state index contributed by atoms with van der Waals surface area (Å²) in [6, 6.07) is 0.267. The molecule has 4 heteroatoms. The van der Waals surface area contributed by atoms with Crippen LogP contribution in [0, 0.1) is 5.92 Å². The lowest BCUT2D eigenvalue weighted by molar-refractivity contribution is -0.129. The molecule has 1 aliphatic heterocycles. The molecule has 1 fully saturated rings. The highest BCUT2D eigenvalue weighted by Crippen LogP contribution is 2.19. The van der Waals surface area contributed by atoms with Crippen molar-refractivity contribution in [1.82, 2.24) is 10.2 Å². The van der Waals surface area contributed by atoms with Crippen molar-refractivity contribution in [2.45, 2.75) is 46.1 Å². The van der Waals surface area contributed by atoms with Gasteiger partial charge in [0.2, 0.25) is 11.8 Å². The van der Waals surface area contributed by atoms with Crippen molar-refractivity contribution in [1.29, 1.82) is 0 Å². The van der Waals surface area contributed by atoms with E-state index in [1.165, 1.54) is 0 Å². The number of amides is 2. The fraction of sp³-hybridized carbons (Fsp3) is 0.833. The Kier molecular flexibility index (Phi) is 4.77. The van der Waals surface area contributed by atoms with Crippen molar-refractivity contribution in [2.24, 2.45) is 5.92 Å². The molecule has 92 valence electrons. The Morgan fingerprint density at radius 2 is 2.25 bits per heavy atom. The predicted molar refractivity (Wildman–Crippen MR) is 62.9 cm³/mol. The summed E-state index contributed by atoms with van der Waals surface area (Å²) >= 11 is 0. The van der Waals surface area contributed by atoms with Crippen LogP contribution in [-0.4, -0.2) is 35.8 Å². The lowest BCUT2D eigenvalue weighted by atomic mass is 10.1. The Morgan fingerprint density at radius 3 is 2.75 bits per heavy atom. The Hall–Kier alpha value is -1.06. The number of likely N-dealkylation sites (tertiary alicyclic amines) is 1. The van der Waals surface area contributed by atoms with Gasteiger partial charge in [-0.05, 0) is 20.3 Å². The predicted octanol–water partition coefficient (Wildman–Crippen LogP) is 1.16. The molecular formula is C12H22N2O2. The molecule has 0 aromatic heterocycles. The molecule has 0 aromatic rings. The van der Waals surface area contributed by atoms with E-state index in [9.17, 15) is 9.59 Å². The molecule has 1 heterocycles. The molecular weight excluding hydrogens is 204 g/mol. The average molecular weight is 226 g/mol. The molecule has 2 amide bonds. The highest BCUT2D eigenvalue weighted by atomic mass is 16.2. The molecule has 1 rings (SSSR count). The van der Waals surface area contributed by atoms with Crippen LogP contribution >= 0.6 is 0 Å². The summed E-state index contributed by atoms with van der Waals surface area (Å²) < 4.78 is 0. The highest BCUT2D eigenvalue weighted by Gasteiger charge is 2.30. The molecule has 4 nitrogen and oxygen atoms in total. The largest absolute Gasteiger partial charge is 0.356 e. The van der Waals surface area contributed by atoms with Crippen LogP contribution in [0.25, 0.3) is 0 Å². The van der Waals surface area contributed by atoms with Gasteiger partial charge in [0.15, 0.2) is 0 Å². The van der Waals surface area contributed by atoms with E-state index in [1.807, 2.05) is 25.7 Å². The third-order valence-corrected chi connectivity index (χ3v) is 2.93. The van der Waals surface area contributed by atoms with Gasteiger partial charge in [-0.1, -0.05) is 6.92 Å². The van der Waals surface area contributed by atoms with Crippen LogP contribution in [0.2, 0.25) is 0 Å². The zero-order chi connectivity index (χ0) is 12.1. The monoisotopic (exact) mass is 226 g/mol. The van der Waals surface area contributed by atoms with Crippen LogP contribution < -0.4 is 5.32 Å². The van der Waals surface area contributed by atoms with Crippen LogP contribution in [0.4, 0.5) is 0 Å². The quantitative estimate of drug-likeness (QED) is 0.764. The van der Waals surface area contributed by atoms with E-state index in [4.69, 9.17) is 0 Å². The van der Waals surface area contributed by atoms with Crippen molar-refractivity contribution in [2.75, 3.05) is 13.1 Å². The summed E-state index contributed by atoms with van der Waals surface area (Å²) in [5.74, 6) is 0.596. The second-order valence-electron chi connectivity index (χ2n) is 4.76. The van der Waals surface area contributed by atoms with Crippen molar-refractivity contribution in [3.63, 3.8) is 0 Å². The van der Waals surface area contributed by atoms with E-state index in [1.54, 1.807) is 0 Å². The van der Waals surface area contributed by atoms with E-state index in [-0.39, 0.29) is 23.8 Å². The number of hydrogen-bond acceptors (Lipinski definition) is 2. The van der Waals surface area contributed by atoms with E-state index in [2.05, 4.69) is 5.32 Å². The minimum absolute atomic E-state index is 0.0953. The van der Waals surface area contributed by atoms with Gasteiger partial charge in [0.25, 0.3) is 0 Å². The summed E-state index contributed by atoms with van der Waals surface area (Å²) in [6.07, 6.45) is 2.02. The van der Waals surface area contributed by atoms with Crippen molar-refractivity contribution >= 4 is 11.8 Å². The van der Waals surface area contributed by atoms with Crippen molar-refractivity contribution in [3.05, 3.63) is 0 Å². The van der Waals surface area contributed by atoms with Crippen molar-refractivity contribution < 1.29 is 9.59 Å². The normalized spacial score (nSPS) is 20.6. The number of carbonyl (C=O) groups is 2. The fourth-order valence-corrected chi connectivity index (χ4v) is 2.02. The second-order valence-corrected chi connectivity index (χ2v) is 4.76. The molecule has 1 saturated heterocycles. The number of nitrogens with one attached hydrogen (secondary N) is 1. The maximum absolute atomic E-state index is 11.6. The molecule has 1 unspecified atom stereocenters. The molecule has 0 aromatic carbocycles. The molecule has 0 saturated carbocycles. The molecule has 1 N–H and O–H groups in total. The third kappa shape index (κ3) is 3.51. The van der Waals surface area contributed by atoms with Gasteiger partial charge in [-0.25, -0.2) is 0 Å². The Morgan fingerprint density at radius 1 is 1.56 bits per heavy atom. The van der Waals surface area contributed by atoms with Gasteiger partial charge in [-0.15, -0.1) is 0 Å². The van der Waals surface area contributed by atoms with Gasteiger partial charge in [-0.2, -0.15) is 0 Å². The maximum atomic E-state index is 11.6. The summed E-state index contributed by atoms with van der Waals surface area (Å²) in [4.78, 5) is 24.8. The zero-order valence-electron chi connectivity index (χ0n) is 10.5. The van der Waals surface area contributed by atoms with Gasteiger partial charge in [0, 0.05) is 37.9 Å². The SMILES string of the molecule is CCCC(=O)NCC1CC(=O)N(C(C)C)C1. The molecule has 0 bridgehead atoms.